The Balaban J connectivity index is 1.29. The van der Waals surface area contributed by atoms with Crippen molar-refractivity contribution in [2.45, 2.75) is 81.8 Å². The molecule has 1 aromatic rings. The van der Waals surface area contributed by atoms with Gasteiger partial charge in [-0.15, -0.1) is 0 Å². The van der Waals surface area contributed by atoms with Gasteiger partial charge in [-0.25, -0.2) is 13.4 Å². The zero-order chi connectivity index (χ0) is 20.6. The molecule has 2 aliphatic heterocycles. The fraction of sp³-hybridized carbons (Fsp3) is 0.864. The van der Waals surface area contributed by atoms with Crippen LogP contribution in [-0.4, -0.2) is 78.5 Å². The van der Waals surface area contributed by atoms with Crippen LogP contribution >= 0.6 is 0 Å². The van der Waals surface area contributed by atoms with Gasteiger partial charge in [0.1, 0.15) is 0 Å². The minimum atomic E-state index is -3.34. The number of sulfone groups is 1. The molecule has 168 valence electrons. The maximum absolute atomic E-state index is 13.0. The Labute approximate surface area is 180 Å². The molecule has 3 heterocycles. The topological polar surface area (TPSA) is 67.7 Å². The van der Waals surface area contributed by atoms with E-state index in [1.807, 2.05) is 4.57 Å². The summed E-state index contributed by atoms with van der Waals surface area (Å²) in [7, 11) is -3.34. The maximum atomic E-state index is 13.0. The highest BCUT2D eigenvalue weighted by atomic mass is 32.2. The van der Waals surface area contributed by atoms with Crippen LogP contribution in [0.3, 0.4) is 0 Å². The molecule has 0 spiro atoms. The van der Waals surface area contributed by atoms with E-state index in [0.29, 0.717) is 12.5 Å². The number of nitrogens with zero attached hydrogens (tertiary/aromatic N) is 4. The van der Waals surface area contributed by atoms with Gasteiger partial charge in [0.2, 0.25) is 15.0 Å². The molecule has 7 nitrogen and oxygen atoms in total. The second-order valence-corrected chi connectivity index (χ2v) is 11.7. The van der Waals surface area contributed by atoms with E-state index < -0.39 is 9.84 Å². The molecular formula is C22H36N4O3S. The average Bonchev–Trinajstić information content (AvgIpc) is 3.16. The third-order valence-electron chi connectivity index (χ3n) is 7.38. The third kappa shape index (κ3) is 4.76. The van der Waals surface area contributed by atoms with Crippen LogP contribution in [0.5, 0.6) is 0 Å². The predicted molar refractivity (Wildman–Crippen MR) is 115 cm³/mol. The molecule has 1 unspecified atom stereocenters. The molecule has 8 heteroatoms. The molecule has 0 aromatic carbocycles. The van der Waals surface area contributed by atoms with Crippen molar-refractivity contribution < 1.29 is 13.2 Å². The molecule has 0 bridgehead atoms. The summed E-state index contributed by atoms with van der Waals surface area (Å²) in [5, 5.41) is 0.268. The SMILES string of the molecule is O=S(=O)(CC1CC1)c1ncc(CN2CCN(C3CCCC3)CC2)n1CC1CCCO1. The van der Waals surface area contributed by atoms with Crippen LogP contribution < -0.4 is 0 Å². The quantitative estimate of drug-likeness (QED) is 0.623. The molecular weight excluding hydrogens is 400 g/mol. The van der Waals surface area contributed by atoms with Gasteiger partial charge in [-0.3, -0.25) is 9.80 Å². The van der Waals surface area contributed by atoms with Crippen molar-refractivity contribution in [1.82, 2.24) is 19.4 Å². The van der Waals surface area contributed by atoms with E-state index in [4.69, 9.17) is 4.74 Å². The Kier molecular flexibility index (Phi) is 6.19. The molecule has 1 aromatic heterocycles. The highest BCUT2D eigenvalue weighted by Crippen LogP contribution is 2.32. The molecule has 2 saturated heterocycles. The largest absolute Gasteiger partial charge is 0.376 e. The van der Waals surface area contributed by atoms with Gasteiger partial charge in [-0.2, -0.15) is 0 Å². The van der Waals surface area contributed by atoms with E-state index >= 15 is 0 Å². The number of rotatable bonds is 8. The van der Waals surface area contributed by atoms with Crippen molar-refractivity contribution >= 4 is 9.84 Å². The zero-order valence-corrected chi connectivity index (χ0v) is 18.9. The summed E-state index contributed by atoms with van der Waals surface area (Å²) in [6.45, 7) is 6.50. The maximum Gasteiger partial charge on any atom is 0.227 e. The summed E-state index contributed by atoms with van der Waals surface area (Å²) in [6, 6.07) is 0.788. The van der Waals surface area contributed by atoms with Gasteiger partial charge in [0.15, 0.2) is 0 Å². The first-order valence-electron chi connectivity index (χ1n) is 11.9. The Hall–Kier alpha value is -0.960. The molecule has 2 aliphatic carbocycles. The fourth-order valence-corrected chi connectivity index (χ4v) is 7.25. The Morgan fingerprint density at radius 1 is 1.00 bits per heavy atom. The summed E-state index contributed by atoms with van der Waals surface area (Å²) < 4.78 is 33.9. The number of imidazole rings is 1. The average molecular weight is 437 g/mol. The van der Waals surface area contributed by atoms with Gasteiger partial charge >= 0.3 is 0 Å². The first-order valence-corrected chi connectivity index (χ1v) is 13.6. The molecule has 4 aliphatic rings. The second kappa shape index (κ2) is 8.88. The van der Waals surface area contributed by atoms with Gasteiger partial charge in [-0.05, 0) is 44.4 Å². The normalized spacial score (nSPS) is 27.3. The lowest BCUT2D eigenvalue weighted by molar-refractivity contribution is 0.0847. The summed E-state index contributed by atoms with van der Waals surface area (Å²) in [6.07, 6.45) is 11.5. The van der Waals surface area contributed by atoms with Crippen molar-refractivity contribution in [3.8, 4) is 0 Å². The highest BCUT2D eigenvalue weighted by molar-refractivity contribution is 7.91. The van der Waals surface area contributed by atoms with E-state index in [1.165, 1.54) is 25.7 Å². The molecule has 0 N–H and O–H groups in total. The lowest BCUT2D eigenvalue weighted by Crippen LogP contribution is -2.49. The monoisotopic (exact) mass is 436 g/mol. The number of hydrogen-bond donors (Lipinski definition) is 0. The smallest absolute Gasteiger partial charge is 0.227 e. The Morgan fingerprint density at radius 3 is 2.43 bits per heavy atom. The van der Waals surface area contributed by atoms with Gasteiger partial charge < -0.3 is 9.30 Å². The molecule has 0 amide bonds. The minimum Gasteiger partial charge on any atom is -0.376 e. The van der Waals surface area contributed by atoms with Gasteiger partial charge in [0.25, 0.3) is 0 Å². The zero-order valence-electron chi connectivity index (χ0n) is 18.0. The van der Waals surface area contributed by atoms with Crippen molar-refractivity contribution in [3.05, 3.63) is 11.9 Å². The highest BCUT2D eigenvalue weighted by Gasteiger charge is 2.34. The van der Waals surface area contributed by atoms with Crippen LogP contribution in [0.15, 0.2) is 11.4 Å². The lowest BCUT2D eigenvalue weighted by Gasteiger charge is -2.38. The number of aromatic nitrogens is 2. The number of piperazine rings is 1. The Bertz CT molecular complexity index is 815. The van der Waals surface area contributed by atoms with E-state index in [2.05, 4.69) is 14.8 Å². The molecule has 4 fully saturated rings. The van der Waals surface area contributed by atoms with Crippen LogP contribution in [0.25, 0.3) is 0 Å². The molecule has 2 saturated carbocycles. The first-order chi connectivity index (χ1) is 14.6. The van der Waals surface area contributed by atoms with Crippen LogP contribution in [0, 0.1) is 5.92 Å². The van der Waals surface area contributed by atoms with E-state index in [0.717, 1.165) is 76.7 Å². The second-order valence-electron chi connectivity index (χ2n) is 9.75. The summed E-state index contributed by atoms with van der Waals surface area (Å²) >= 11 is 0. The van der Waals surface area contributed by atoms with Crippen molar-refractivity contribution in [1.29, 1.82) is 0 Å². The van der Waals surface area contributed by atoms with E-state index in [-0.39, 0.29) is 17.0 Å². The predicted octanol–water partition coefficient (Wildman–Crippen LogP) is 2.31. The van der Waals surface area contributed by atoms with Crippen LogP contribution in [-0.2, 0) is 27.7 Å². The number of ether oxygens (including phenoxy) is 1. The lowest BCUT2D eigenvalue weighted by atomic mass is 10.2. The molecule has 1 atom stereocenters. The first kappa shape index (κ1) is 20.9. The van der Waals surface area contributed by atoms with Crippen molar-refractivity contribution in [3.63, 3.8) is 0 Å². The summed E-state index contributed by atoms with van der Waals surface area (Å²) in [4.78, 5) is 9.57. The van der Waals surface area contributed by atoms with Crippen molar-refractivity contribution in [2.75, 3.05) is 38.5 Å². The molecule has 5 rings (SSSR count). The van der Waals surface area contributed by atoms with E-state index in [9.17, 15) is 8.42 Å². The van der Waals surface area contributed by atoms with Crippen LogP contribution in [0.4, 0.5) is 0 Å². The fourth-order valence-electron chi connectivity index (χ4n) is 5.41. The van der Waals surface area contributed by atoms with Crippen LogP contribution in [0.2, 0.25) is 0 Å². The van der Waals surface area contributed by atoms with E-state index in [1.54, 1.807) is 6.20 Å². The minimum absolute atomic E-state index is 0.104. The summed E-state index contributed by atoms with van der Waals surface area (Å²) in [5.41, 5.74) is 1.02. The molecule has 30 heavy (non-hydrogen) atoms. The van der Waals surface area contributed by atoms with Crippen molar-refractivity contribution in [2.24, 2.45) is 5.92 Å². The van der Waals surface area contributed by atoms with Crippen LogP contribution in [0.1, 0.15) is 57.1 Å². The third-order valence-corrected chi connectivity index (χ3v) is 9.17. The standard InChI is InChI=1S/C22H36N4O3S/c27-30(28,17-18-7-8-18)22-23-14-20(26(22)16-21-6-3-13-29-21)15-24-9-11-25(12-10-24)19-4-1-2-5-19/h14,18-19,21H,1-13,15-17H2. The molecule has 0 radical (unpaired) electrons. The number of hydrogen-bond acceptors (Lipinski definition) is 6. The van der Waals surface area contributed by atoms with Gasteiger partial charge in [0.05, 0.1) is 30.3 Å². The Morgan fingerprint density at radius 2 is 1.77 bits per heavy atom. The summed E-state index contributed by atoms with van der Waals surface area (Å²) in [5.74, 6) is 0.574. The van der Waals surface area contributed by atoms with Gasteiger partial charge in [0, 0.05) is 45.4 Å². The van der Waals surface area contributed by atoms with Gasteiger partial charge in [-0.1, -0.05) is 12.8 Å².